The number of aliphatic hydroxyl groups is 3. The largest absolute Gasteiger partial charge is 0.480 e. The molecule has 0 fully saturated rings. The summed E-state index contributed by atoms with van der Waals surface area (Å²) in [6, 6.07) is 0. The first kappa shape index (κ1) is 18.4. The second-order valence-corrected chi connectivity index (χ2v) is 3.72. The minimum atomic E-state index is -1.84. The Kier molecular flexibility index (Phi) is 8.59. The van der Waals surface area contributed by atoms with Crippen LogP contribution in [0, 0.1) is 0 Å². The van der Waals surface area contributed by atoms with Crippen LogP contribution in [-0.2, 0) is 23.9 Å². The number of hydrogen-bond acceptors (Lipinski definition) is 8. The molecule has 0 rings (SSSR count). The summed E-state index contributed by atoms with van der Waals surface area (Å²) in [5.41, 5.74) is 0. The van der Waals surface area contributed by atoms with Gasteiger partial charge in [0, 0.05) is 0 Å². The molecule has 0 aliphatic rings. The Hall–Kier alpha value is -1.59. The maximum Gasteiger partial charge on any atom is 0.329 e. The lowest BCUT2D eigenvalue weighted by atomic mass is 10.0. The Morgan fingerprint density at radius 3 is 1.95 bits per heavy atom. The van der Waals surface area contributed by atoms with Crippen molar-refractivity contribution >= 4 is 18.2 Å². The molecule has 20 heavy (non-hydrogen) atoms. The molecule has 4 atom stereocenters. The fourth-order valence-corrected chi connectivity index (χ4v) is 1.26. The van der Waals surface area contributed by atoms with Crippen molar-refractivity contribution in [1.82, 2.24) is 0 Å². The summed E-state index contributed by atoms with van der Waals surface area (Å²) in [6.45, 7) is -2.68. The number of aliphatic hydroxyl groups excluding tert-OH is 3. The molecule has 0 saturated heterocycles. The molecule has 0 amide bonds. The number of aliphatic carboxylic acids is 2. The molecule has 10 heteroatoms. The molecule has 0 aromatic rings. The van der Waals surface area contributed by atoms with Crippen molar-refractivity contribution in [2.24, 2.45) is 0 Å². The molecular weight excluding hydrogens is 280 g/mol. The van der Waals surface area contributed by atoms with E-state index in [4.69, 9.17) is 20.1 Å². The zero-order chi connectivity index (χ0) is 15.7. The summed E-state index contributed by atoms with van der Waals surface area (Å²) in [5, 5.41) is 44.5. The summed E-state index contributed by atoms with van der Waals surface area (Å²) in [7, 11) is 0. The van der Waals surface area contributed by atoms with Crippen LogP contribution in [0.1, 0.15) is 0 Å². The van der Waals surface area contributed by atoms with Crippen molar-refractivity contribution < 1.29 is 49.4 Å². The van der Waals surface area contributed by atoms with Crippen LogP contribution in [0.2, 0.25) is 0 Å². The number of aldehydes is 1. The highest BCUT2D eigenvalue weighted by Crippen LogP contribution is 2.11. The average molecular weight is 296 g/mol. The molecule has 0 aliphatic heterocycles. The van der Waals surface area contributed by atoms with E-state index in [0.717, 1.165) is 0 Å². The number of rotatable bonds is 11. The van der Waals surface area contributed by atoms with Crippen molar-refractivity contribution in [2.45, 2.75) is 24.4 Å². The predicted molar refractivity (Wildman–Crippen MR) is 59.9 cm³/mol. The first-order chi connectivity index (χ1) is 9.33. The van der Waals surface area contributed by atoms with Gasteiger partial charge in [0.05, 0.1) is 6.61 Å². The van der Waals surface area contributed by atoms with E-state index in [9.17, 15) is 24.6 Å². The van der Waals surface area contributed by atoms with E-state index in [1.807, 2.05) is 0 Å². The summed E-state index contributed by atoms with van der Waals surface area (Å²) < 4.78 is 9.33. The van der Waals surface area contributed by atoms with Crippen LogP contribution >= 0.6 is 0 Å². The lowest BCUT2D eigenvalue weighted by molar-refractivity contribution is -0.175. The van der Waals surface area contributed by atoms with Crippen LogP contribution in [0.25, 0.3) is 0 Å². The van der Waals surface area contributed by atoms with E-state index in [1.54, 1.807) is 0 Å². The van der Waals surface area contributed by atoms with Crippen LogP contribution < -0.4 is 0 Å². The van der Waals surface area contributed by atoms with Gasteiger partial charge in [0.1, 0.15) is 37.6 Å². The Morgan fingerprint density at radius 1 is 1.05 bits per heavy atom. The lowest BCUT2D eigenvalue weighted by Gasteiger charge is -2.29. The smallest absolute Gasteiger partial charge is 0.329 e. The molecule has 10 nitrogen and oxygen atoms in total. The molecule has 0 aromatic carbocycles. The third-order valence-electron chi connectivity index (χ3n) is 2.17. The summed E-state index contributed by atoms with van der Waals surface area (Å²) >= 11 is 0. The van der Waals surface area contributed by atoms with Crippen LogP contribution in [-0.4, -0.2) is 88.0 Å². The SMILES string of the molecule is O=C[C@H](OCC(=O)O)[C@@H](OCC(=O)O)[C@H](O)[C@H](O)CO. The maximum atomic E-state index is 10.8. The fourth-order valence-electron chi connectivity index (χ4n) is 1.26. The maximum absolute atomic E-state index is 10.8. The van der Waals surface area contributed by atoms with Gasteiger partial charge in [-0.3, -0.25) is 0 Å². The molecule has 0 spiro atoms. The highest BCUT2D eigenvalue weighted by Gasteiger charge is 2.35. The van der Waals surface area contributed by atoms with Gasteiger partial charge in [0.25, 0.3) is 0 Å². The minimum absolute atomic E-state index is 0.1000. The Labute approximate surface area is 113 Å². The quantitative estimate of drug-likeness (QED) is 0.245. The molecule has 0 unspecified atom stereocenters. The molecule has 0 heterocycles. The molecule has 0 bridgehead atoms. The van der Waals surface area contributed by atoms with Crippen molar-refractivity contribution in [3.63, 3.8) is 0 Å². The van der Waals surface area contributed by atoms with Crippen molar-refractivity contribution in [3.8, 4) is 0 Å². The molecule has 116 valence electrons. The second-order valence-electron chi connectivity index (χ2n) is 3.72. The van der Waals surface area contributed by atoms with E-state index in [0.29, 0.717) is 0 Å². The zero-order valence-electron chi connectivity index (χ0n) is 10.3. The highest BCUT2D eigenvalue weighted by atomic mass is 16.6. The van der Waals surface area contributed by atoms with E-state index in [2.05, 4.69) is 4.74 Å². The Balaban J connectivity index is 4.88. The van der Waals surface area contributed by atoms with Gasteiger partial charge in [-0.05, 0) is 0 Å². The fraction of sp³-hybridized carbons (Fsp3) is 0.700. The van der Waals surface area contributed by atoms with Gasteiger partial charge >= 0.3 is 11.9 Å². The minimum Gasteiger partial charge on any atom is -0.480 e. The van der Waals surface area contributed by atoms with Gasteiger partial charge < -0.3 is 39.8 Å². The molecule has 0 aromatic heterocycles. The number of carbonyl (C=O) groups excluding carboxylic acids is 1. The van der Waals surface area contributed by atoms with E-state index < -0.39 is 56.2 Å². The van der Waals surface area contributed by atoms with Gasteiger partial charge in [-0.2, -0.15) is 0 Å². The standard InChI is InChI=1S/C10H16O10/c11-1-5(13)9(18)10(20-4-8(16)17)6(2-12)19-3-7(14)15/h2,5-6,9-11,13,18H,1,3-4H2,(H,14,15)(H,16,17)/t5-,6+,9-,10-/m1/s1. The van der Waals surface area contributed by atoms with Crippen LogP contribution in [0.4, 0.5) is 0 Å². The first-order valence-corrected chi connectivity index (χ1v) is 5.42. The predicted octanol–water partition coefficient (Wildman–Crippen LogP) is -3.16. The van der Waals surface area contributed by atoms with E-state index >= 15 is 0 Å². The Bertz CT molecular complexity index is 330. The normalized spacial score (nSPS) is 16.9. The lowest BCUT2D eigenvalue weighted by Crippen LogP contribution is -2.50. The van der Waals surface area contributed by atoms with Crippen LogP contribution in [0.3, 0.4) is 0 Å². The van der Waals surface area contributed by atoms with Gasteiger partial charge in [-0.1, -0.05) is 0 Å². The molecule has 0 aliphatic carbocycles. The first-order valence-electron chi connectivity index (χ1n) is 5.42. The Morgan fingerprint density at radius 2 is 1.55 bits per heavy atom. The number of ether oxygens (including phenoxy) is 2. The number of carbonyl (C=O) groups is 3. The highest BCUT2D eigenvalue weighted by molar-refractivity contribution is 5.69. The molecule has 5 N–H and O–H groups in total. The number of hydrogen-bond donors (Lipinski definition) is 5. The van der Waals surface area contributed by atoms with E-state index in [1.165, 1.54) is 0 Å². The van der Waals surface area contributed by atoms with Crippen LogP contribution in [0.5, 0.6) is 0 Å². The van der Waals surface area contributed by atoms with Crippen molar-refractivity contribution in [1.29, 1.82) is 0 Å². The topological polar surface area (TPSA) is 171 Å². The van der Waals surface area contributed by atoms with Gasteiger partial charge in [0.2, 0.25) is 0 Å². The third kappa shape index (κ3) is 6.54. The zero-order valence-corrected chi connectivity index (χ0v) is 10.3. The second kappa shape index (κ2) is 9.34. The van der Waals surface area contributed by atoms with Crippen molar-refractivity contribution in [2.75, 3.05) is 19.8 Å². The number of carboxylic acids is 2. The van der Waals surface area contributed by atoms with E-state index in [-0.39, 0.29) is 6.29 Å². The monoisotopic (exact) mass is 296 g/mol. The molecular formula is C10H16O10. The van der Waals surface area contributed by atoms with Gasteiger partial charge in [0.15, 0.2) is 6.29 Å². The summed E-state index contributed by atoms with van der Waals surface area (Å²) in [4.78, 5) is 31.6. The number of carboxylic acid groups (broad SMARTS) is 2. The average Bonchev–Trinajstić information content (AvgIpc) is 2.40. The molecule has 0 radical (unpaired) electrons. The molecule has 0 saturated carbocycles. The van der Waals surface area contributed by atoms with Gasteiger partial charge in [-0.25, -0.2) is 9.59 Å². The summed E-state index contributed by atoms with van der Waals surface area (Å²) in [5.74, 6) is -2.81. The van der Waals surface area contributed by atoms with Crippen LogP contribution in [0.15, 0.2) is 0 Å². The van der Waals surface area contributed by atoms with Gasteiger partial charge in [-0.15, -0.1) is 0 Å². The van der Waals surface area contributed by atoms with Crippen molar-refractivity contribution in [3.05, 3.63) is 0 Å². The summed E-state index contributed by atoms with van der Waals surface area (Å²) in [6.07, 6.45) is -6.73. The third-order valence-corrected chi connectivity index (χ3v) is 2.17.